The Balaban J connectivity index is 1.88. The van der Waals surface area contributed by atoms with Gasteiger partial charge in [-0.15, -0.1) is 0 Å². The molecule has 1 fully saturated rings. The van der Waals surface area contributed by atoms with Gasteiger partial charge in [0.2, 0.25) is 0 Å². The normalized spacial score (nSPS) is 21.1. The maximum absolute atomic E-state index is 6.28. The number of rotatable bonds is 5. The third-order valence-electron chi connectivity index (χ3n) is 5.49. The molecule has 1 aromatic carbocycles. The number of fused-ring (bicyclic) bond motifs is 1. The highest BCUT2D eigenvalue weighted by Crippen LogP contribution is 2.45. The fraction of sp³-hybridized carbons (Fsp3) is 0.647. The zero-order chi connectivity index (χ0) is 14.9. The van der Waals surface area contributed by atoms with E-state index < -0.39 is 0 Å². The van der Waals surface area contributed by atoms with Gasteiger partial charge in [-0.1, -0.05) is 31.4 Å². The number of hydrogen-bond acceptors (Lipinski definition) is 3. The molecule has 0 aromatic heterocycles. The molecule has 4 heteroatoms. The first-order valence-electron chi connectivity index (χ1n) is 8.09. The van der Waals surface area contributed by atoms with Crippen LogP contribution in [0.2, 0.25) is 5.02 Å². The van der Waals surface area contributed by atoms with Crippen molar-refractivity contribution in [1.82, 2.24) is 5.43 Å². The minimum absolute atomic E-state index is 0.289. The Labute approximate surface area is 132 Å². The summed E-state index contributed by atoms with van der Waals surface area (Å²) in [7, 11) is 0. The molecular weight excluding hydrogens is 284 g/mol. The molecule has 1 saturated carbocycles. The minimum Gasteiger partial charge on any atom is -0.493 e. The van der Waals surface area contributed by atoms with Crippen molar-refractivity contribution in [1.29, 1.82) is 0 Å². The van der Waals surface area contributed by atoms with Crippen molar-refractivity contribution in [3.8, 4) is 5.75 Å². The van der Waals surface area contributed by atoms with E-state index in [4.69, 9.17) is 22.2 Å². The van der Waals surface area contributed by atoms with Crippen LogP contribution in [0.15, 0.2) is 12.1 Å². The second-order valence-corrected chi connectivity index (χ2v) is 6.93. The van der Waals surface area contributed by atoms with Gasteiger partial charge in [0.25, 0.3) is 0 Å². The molecule has 1 heterocycles. The maximum Gasteiger partial charge on any atom is 0.125 e. The first kappa shape index (κ1) is 15.1. The first-order valence-corrected chi connectivity index (χ1v) is 8.46. The molecule has 3 rings (SSSR count). The zero-order valence-electron chi connectivity index (χ0n) is 12.8. The van der Waals surface area contributed by atoms with E-state index in [1.54, 1.807) is 0 Å². The summed E-state index contributed by atoms with van der Waals surface area (Å²) in [6.45, 7) is 3.05. The largest absolute Gasteiger partial charge is 0.493 e. The molecule has 3 N–H and O–H groups in total. The summed E-state index contributed by atoms with van der Waals surface area (Å²) >= 11 is 6.28. The highest BCUT2D eigenvalue weighted by molar-refractivity contribution is 6.30. The summed E-state index contributed by atoms with van der Waals surface area (Å²) in [5.74, 6) is 6.97. The summed E-state index contributed by atoms with van der Waals surface area (Å²) in [5.41, 5.74) is 5.87. The van der Waals surface area contributed by atoms with E-state index in [1.807, 2.05) is 12.1 Å². The topological polar surface area (TPSA) is 47.3 Å². The molecular formula is C17H25ClN2O. The van der Waals surface area contributed by atoms with Crippen LogP contribution in [-0.4, -0.2) is 12.6 Å². The lowest BCUT2D eigenvalue weighted by Gasteiger charge is -2.37. The Kier molecular flexibility index (Phi) is 4.43. The standard InChI is InChI=1S/C17H25ClN2O/c1-2-17(6-3-4-7-17)15(20-19)11-13-10-14(18)9-12-5-8-21-16(12)13/h9-10,15,20H,2-8,11,19H2,1H3. The smallest absolute Gasteiger partial charge is 0.125 e. The Hall–Kier alpha value is -0.770. The molecule has 1 unspecified atom stereocenters. The van der Waals surface area contributed by atoms with Gasteiger partial charge >= 0.3 is 0 Å². The molecule has 0 saturated heterocycles. The van der Waals surface area contributed by atoms with E-state index >= 15 is 0 Å². The molecule has 116 valence electrons. The number of hydrazine groups is 1. The highest BCUT2D eigenvalue weighted by atomic mass is 35.5. The van der Waals surface area contributed by atoms with Crippen molar-refractivity contribution in [2.75, 3.05) is 6.61 Å². The van der Waals surface area contributed by atoms with Crippen LogP contribution in [0.1, 0.15) is 50.2 Å². The number of nitrogens with two attached hydrogens (primary N) is 1. The predicted octanol–water partition coefficient (Wildman–Crippen LogP) is 3.62. The molecule has 1 aliphatic carbocycles. The molecule has 1 atom stereocenters. The van der Waals surface area contributed by atoms with Crippen LogP contribution in [0.3, 0.4) is 0 Å². The maximum atomic E-state index is 6.28. The Morgan fingerprint density at radius 3 is 2.81 bits per heavy atom. The summed E-state index contributed by atoms with van der Waals surface area (Å²) in [6.07, 6.45) is 8.19. The van der Waals surface area contributed by atoms with E-state index in [0.717, 1.165) is 30.2 Å². The van der Waals surface area contributed by atoms with E-state index in [-0.39, 0.29) is 6.04 Å². The molecule has 0 spiro atoms. The minimum atomic E-state index is 0.289. The molecule has 0 amide bonds. The monoisotopic (exact) mass is 308 g/mol. The molecule has 0 radical (unpaired) electrons. The van der Waals surface area contributed by atoms with Gasteiger partial charge in [0.15, 0.2) is 0 Å². The quantitative estimate of drug-likeness (QED) is 0.645. The van der Waals surface area contributed by atoms with Crippen LogP contribution in [0.4, 0.5) is 0 Å². The number of benzene rings is 1. The average Bonchev–Trinajstić information content (AvgIpc) is 3.13. The van der Waals surface area contributed by atoms with Crippen LogP contribution in [0, 0.1) is 5.41 Å². The first-order chi connectivity index (χ1) is 10.2. The van der Waals surface area contributed by atoms with E-state index in [9.17, 15) is 0 Å². The van der Waals surface area contributed by atoms with Gasteiger partial charge in [0.05, 0.1) is 6.61 Å². The second-order valence-electron chi connectivity index (χ2n) is 6.50. The van der Waals surface area contributed by atoms with Crippen LogP contribution < -0.4 is 16.0 Å². The third kappa shape index (κ3) is 2.79. The predicted molar refractivity (Wildman–Crippen MR) is 86.7 cm³/mol. The Morgan fingerprint density at radius 1 is 1.38 bits per heavy atom. The number of hydrogen-bond donors (Lipinski definition) is 2. The summed E-state index contributed by atoms with van der Waals surface area (Å²) in [5, 5.41) is 0.807. The van der Waals surface area contributed by atoms with Gasteiger partial charge in [-0.25, -0.2) is 0 Å². The molecule has 0 bridgehead atoms. The zero-order valence-corrected chi connectivity index (χ0v) is 13.5. The summed E-state index contributed by atoms with van der Waals surface area (Å²) in [4.78, 5) is 0. The van der Waals surface area contributed by atoms with Crippen LogP contribution in [0.25, 0.3) is 0 Å². The SMILES string of the molecule is CCC1(C(Cc2cc(Cl)cc3c2OCC3)NN)CCCC1. The number of halogens is 1. The van der Waals surface area contributed by atoms with Crippen LogP contribution >= 0.6 is 11.6 Å². The average molecular weight is 309 g/mol. The molecule has 1 aliphatic heterocycles. The van der Waals surface area contributed by atoms with Gasteiger partial charge in [-0.3, -0.25) is 11.3 Å². The van der Waals surface area contributed by atoms with Gasteiger partial charge in [-0.2, -0.15) is 0 Å². The lowest BCUT2D eigenvalue weighted by Crippen LogP contribution is -2.48. The van der Waals surface area contributed by atoms with Crippen molar-refractivity contribution in [2.24, 2.45) is 11.3 Å². The van der Waals surface area contributed by atoms with Crippen LogP contribution in [0.5, 0.6) is 5.75 Å². The van der Waals surface area contributed by atoms with Crippen LogP contribution in [-0.2, 0) is 12.8 Å². The van der Waals surface area contributed by atoms with Gasteiger partial charge in [-0.05, 0) is 54.4 Å². The summed E-state index contributed by atoms with van der Waals surface area (Å²) in [6, 6.07) is 4.37. The third-order valence-corrected chi connectivity index (χ3v) is 5.71. The number of ether oxygens (including phenoxy) is 1. The van der Waals surface area contributed by atoms with Crippen molar-refractivity contribution in [3.05, 3.63) is 28.3 Å². The van der Waals surface area contributed by atoms with E-state index in [2.05, 4.69) is 12.3 Å². The molecule has 1 aromatic rings. The van der Waals surface area contributed by atoms with Gasteiger partial charge < -0.3 is 4.74 Å². The van der Waals surface area contributed by atoms with E-state index in [1.165, 1.54) is 43.2 Å². The molecule has 2 aliphatic rings. The van der Waals surface area contributed by atoms with Crippen molar-refractivity contribution in [2.45, 2.75) is 57.9 Å². The number of nitrogens with one attached hydrogen (secondary N) is 1. The van der Waals surface area contributed by atoms with Crippen molar-refractivity contribution in [3.63, 3.8) is 0 Å². The lowest BCUT2D eigenvalue weighted by molar-refractivity contribution is 0.184. The van der Waals surface area contributed by atoms with Crippen molar-refractivity contribution < 1.29 is 4.74 Å². The second kappa shape index (κ2) is 6.15. The lowest BCUT2D eigenvalue weighted by atomic mass is 9.74. The highest BCUT2D eigenvalue weighted by Gasteiger charge is 2.39. The van der Waals surface area contributed by atoms with Crippen molar-refractivity contribution >= 4 is 11.6 Å². The Morgan fingerprint density at radius 2 is 2.14 bits per heavy atom. The van der Waals surface area contributed by atoms with Gasteiger partial charge in [0, 0.05) is 17.5 Å². The summed E-state index contributed by atoms with van der Waals surface area (Å²) < 4.78 is 5.83. The van der Waals surface area contributed by atoms with E-state index in [0.29, 0.717) is 5.41 Å². The fourth-order valence-corrected chi connectivity index (χ4v) is 4.46. The molecule has 21 heavy (non-hydrogen) atoms. The Bertz CT molecular complexity index is 512. The van der Waals surface area contributed by atoms with Gasteiger partial charge in [0.1, 0.15) is 5.75 Å². The molecule has 3 nitrogen and oxygen atoms in total. The fourth-order valence-electron chi connectivity index (χ4n) is 4.20.